The van der Waals surface area contributed by atoms with Gasteiger partial charge in [-0.3, -0.25) is 0 Å². The molecule has 0 heterocycles. The summed E-state index contributed by atoms with van der Waals surface area (Å²) in [4.78, 5) is 0. The van der Waals surface area contributed by atoms with Crippen molar-refractivity contribution < 1.29 is 26.7 Å². The number of alkyl halides is 3. The van der Waals surface area contributed by atoms with Crippen LogP contribution in [0.15, 0.2) is 72.8 Å². The highest BCUT2D eigenvalue weighted by Crippen LogP contribution is 2.29. The molecule has 1 nitrogen and oxygen atoms in total. The first-order chi connectivity index (χ1) is 16.2. The smallest absolute Gasteiger partial charge is 0.403 e. The summed E-state index contributed by atoms with van der Waals surface area (Å²) in [6, 6.07) is 20.8. The highest BCUT2D eigenvalue weighted by Gasteiger charge is 2.32. The van der Waals surface area contributed by atoms with E-state index < -0.39 is 17.9 Å². The number of hydrogen-bond acceptors (Lipinski definition) is 1. The van der Waals surface area contributed by atoms with Gasteiger partial charge in [-0.1, -0.05) is 67.9 Å². The van der Waals surface area contributed by atoms with Gasteiger partial charge in [-0.2, -0.15) is 0 Å². The summed E-state index contributed by atoms with van der Waals surface area (Å²) in [6.45, 7) is 2.14. The first-order valence-electron chi connectivity index (χ1n) is 11.1. The highest BCUT2D eigenvalue weighted by atomic mass is 19.4. The summed E-state index contributed by atoms with van der Waals surface area (Å²) >= 11 is 0. The predicted octanol–water partition coefficient (Wildman–Crippen LogP) is 8.42. The van der Waals surface area contributed by atoms with Crippen LogP contribution >= 0.6 is 0 Å². The van der Waals surface area contributed by atoms with Gasteiger partial charge in [-0.05, 0) is 70.7 Å². The Kier molecular flexibility index (Phi) is 6.87. The van der Waals surface area contributed by atoms with Gasteiger partial charge in [-0.25, -0.2) is 8.78 Å². The summed E-state index contributed by atoms with van der Waals surface area (Å²) in [7, 11) is 0. The molecule has 0 aromatic heterocycles. The second kappa shape index (κ2) is 9.84. The Morgan fingerprint density at radius 3 is 2.09 bits per heavy atom. The number of hydrogen-bond donors (Lipinski definition) is 0. The van der Waals surface area contributed by atoms with Crippen molar-refractivity contribution >= 4 is 10.8 Å². The monoisotopic (exact) mass is 470 g/mol. The molecule has 0 fully saturated rings. The van der Waals surface area contributed by atoms with E-state index in [4.69, 9.17) is 0 Å². The Morgan fingerprint density at radius 1 is 0.706 bits per heavy atom. The lowest BCUT2D eigenvalue weighted by atomic mass is 9.96. The fourth-order valence-corrected chi connectivity index (χ4v) is 4.05. The van der Waals surface area contributed by atoms with Crippen molar-refractivity contribution in [3.8, 4) is 16.9 Å². The molecule has 0 saturated heterocycles. The lowest BCUT2D eigenvalue weighted by molar-refractivity contribution is -0.275. The van der Waals surface area contributed by atoms with Crippen LogP contribution in [0, 0.1) is 11.6 Å². The molecular weight excluding hydrogens is 447 g/mol. The molecule has 0 aliphatic carbocycles. The molecular formula is C28H23F5O. The molecule has 0 atom stereocenters. The van der Waals surface area contributed by atoms with Crippen molar-refractivity contribution in [2.75, 3.05) is 0 Å². The largest absolute Gasteiger partial charge is 0.573 e. The van der Waals surface area contributed by atoms with E-state index in [1.807, 2.05) is 18.2 Å². The molecule has 176 valence electrons. The van der Waals surface area contributed by atoms with Crippen molar-refractivity contribution in [2.24, 2.45) is 0 Å². The SMILES string of the molecule is CCCc1ccc(-c2ccc3c(F)c(CCc4ccc(OC(F)(F)F)c(F)c4)ccc3c2)cc1. The standard InChI is InChI=1S/C28H23F5O/c1-2-3-18-4-8-20(9-5-18)22-13-14-24-23(17-22)12-11-21(27(24)30)10-6-19-7-15-26(25(29)16-19)34-28(31,32)33/h4-5,7-9,11-17H,2-3,6,10H2,1H3. The molecule has 34 heavy (non-hydrogen) atoms. The maximum Gasteiger partial charge on any atom is 0.573 e. The molecule has 0 spiro atoms. The quantitative estimate of drug-likeness (QED) is 0.246. The Bertz CT molecular complexity index is 1290. The van der Waals surface area contributed by atoms with Gasteiger partial charge in [0.2, 0.25) is 0 Å². The zero-order chi connectivity index (χ0) is 24.3. The Labute approximate surface area is 194 Å². The van der Waals surface area contributed by atoms with Crippen LogP contribution in [0.5, 0.6) is 5.75 Å². The van der Waals surface area contributed by atoms with Crippen molar-refractivity contribution in [3.05, 3.63) is 101 Å². The van der Waals surface area contributed by atoms with E-state index in [9.17, 15) is 17.6 Å². The number of rotatable bonds is 7. The van der Waals surface area contributed by atoms with E-state index in [-0.39, 0.29) is 18.7 Å². The van der Waals surface area contributed by atoms with Crippen molar-refractivity contribution in [1.29, 1.82) is 0 Å². The van der Waals surface area contributed by atoms with Crippen molar-refractivity contribution in [2.45, 2.75) is 39.0 Å². The molecule has 4 rings (SSSR count). The molecule has 0 radical (unpaired) electrons. The zero-order valence-electron chi connectivity index (χ0n) is 18.6. The molecule has 0 saturated carbocycles. The van der Waals surface area contributed by atoms with Crippen molar-refractivity contribution in [3.63, 3.8) is 0 Å². The third kappa shape index (κ3) is 5.56. The van der Waals surface area contributed by atoms with Gasteiger partial charge in [0, 0.05) is 5.39 Å². The molecule has 0 aliphatic heterocycles. The maximum absolute atomic E-state index is 15.2. The second-order valence-electron chi connectivity index (χ2n) is 8.23. The van der Waals surface area contributed by atoms with Gasteiger partial charge in [0.1, 0.15) is 5.82 Å². The molecule has 0 amide bonds. The fourth-order valence-electron chi connectivity index (χ4n) is 4.05. The van der Waals surface area contributed by atoms with Gasteiger partial charge in [-0.15, -0.1) is 13.2 Å². The minimum absolute atomic E-state index is 0.272. The number of benzene rings is 4. The Hall–Kier alpha value is -3.41. The molecule has 4 aromatic rings. The lowest BCUT2D eigenvalue weighted by Crippen LogP contribution is -2.18. The van der Waals surface area contributed by atoms with Crippen LogP contribution < -0.4 is 4.74 Å². The van der Waals surface area contributed by atoms with Crippen LogP contribution in [0.2, 0.25) is 0 Å². The van der Waals surface area contributed by atoms with Crippen molar-refractivity contribution in [1.82, 2.24) is 0 Å². The lowest BCUT2D eigenvalue weighted by Gasteiger charge is -2.11. The topological polar surface area (TPSA) is 9.23 Å². The average molecular weight is 470 g/mol. The first kappa shape index (κ1) is 23.7. The van der Waals surface area contributed by atoms with E-state index >= 15 is 4.39 Å². The summed E-state index contributed by atoms with van der Waals surface area (Å²) in [6.07, 6.45) is -2.29. The molecule has 0 N–H and O–H groups in total. The van der Waals surface area contributed by atoms with E-state index in [0.29, 0.717) is 16.5 Å². The van der Waals surface area contributed by atoms with Gasteiger partial charge >= 0.3 is 6.36 Å². The minimum Gasteiger partial charge on any atom is -0.403 e. The van der Waals surface area contributed by atoms with Crippen LogP contribution in [0.25, 0.3) is 21.9 Å². The molecule has 0 bridgehead atoms. The minimum atomic E-state index is -4.96. The van der Waals surface area contributed by atoms with Gasteiger partial charge in [0.05, 0.1) is 0 Å². The van der Waals surface area contributed by atoms with Gasteiger partial charge < -0.3 is 4.74 Å². The average Bonchev–Trinajstić information content (AvgIpc) is 2.80. The Morgan fingerprint density at radius 2 is 1.41 bits per heavy atom. The fraction of sp³-hybridized carbons (Fsp3) is 0.214. The summed E-state index contributed by atoms with van der Waals surface area (Å²) in [5.74, 6) is -2.34. The molecule has 0 aliphatic rings. The van der Waals surface area contributed by atoms with E-state index in [0.717, 1.165) is 41.5 Å². The summed E-state index contributed by atoms with van der Waals surface area (Å²) in [5, 5.41) is 1.26. The number of halogens is 5. The molecule has 6 heteroatoms. The third-order valence-corrected chi connectivity index (χ3v) is 5.76. The number of fused-ring (bicyclic) bond motifs is 1. The van der Waals surface area contributed by atoms with Crippen LogP contribution in [-0.4, -0.2) is 6.36 Å². The van der Waals surface area contributed by atoms with E-state index in [1.165, 1.54) is 11.6 Å². The number of ether oxygens (including phenoxy) is 1. The normalized spacial score (nSPS) is 11.7. The molecule has 0 unspecified atom stereocenters. The summed E-state index contributed by atoms with van der Waals surface area (Å²) < 4.78 is 69.6. The Balaban J connectivity index is 1.50. The van der Waals surface area contributed by atoms with Gasteiger partial charge in [0.25, 0.3) is 0 Å². The van der Waals surface area contributed by atoms with E-state index in [2.05, 4.69) is 35.9 Å². The highest BCUT2D eigenvalue weighted by molar-refractivity contribution is 5.88. The third-order valence-electron chi connectivity index (χ3n) is 5.76. The summed E-state index contributed by atoms with van der Waals surface area (Å²) in [5.41, 5.74) is 4.25. The molecule has 4 aromatic carbocycles. The van der Waals surface area contributed by atoms with Crippen LogP contribution in [0.4, 0.5) is 22.0 Å². The first-order valence-corrected chi connectivity index (χ1v) is 11.1. The van der Waals surface area contributed by atoms with Crippen LogP contribution in [0.3, 0.4) is 0 Å². The van der Waals surface area contributed by atoms with Crippen LogP contribution in [0.1, 0.15) is 30.0 Å². The van der Waals surface area contributed by atoms with Gasteiger partial charge in [0.15, 0.2) is 11.6 Å². The second-order valence-corrected chi connectivity index (χ2v) is 8.23. The number of aryl methyl sites for hydroxylation is 3. The zero-order valence-corrected chi connectivity index (χ0v) is 18.6. The predicted molar refractivity (Wildman–Crippen MR) is 124 cm³/mol. The van der Waals surface area contributed by atoms with E-state index in [1.54, 1.807) is 12.1 Å². The van der Waals surface area contributed by atoms with Crippen LogP contribution in [-0.2, 0) is 19.3 Å². The maximum atomic E-state index is 15.2.